The first-order valence-corrected chi connectivity index (χ1v) is 12.9. The number of nitrogens with zero attached hydrogens (tertiary/aromatic N) is 2. The molecule has 8 nitrogen and oxygen atoms in total. The lowest BCUT2D eigenvalue weighted by atomic mass is 10.2. The van der Waals surface area contributed by atoms with E-state index in [0.29, 0.717) is 13.1 Å². The second kappa shape index (κ2) is 9.25. The molecular weight excluding hydrogens is 462 g/mol. The van der Waals surface area contributed by atoms with E-state index in [9.17, 15) is 21.6 Å². The minimum atomic E-state index is -3.75. The fourth-order valence-corrected chi connectivity index (χ4v) is 5.93. The fraction of sp³-hybridized carbons (Fsp3) is 0.350. The number of anilines is 1. The third-order valence-corrected chi connectivity index (χ3v) is 9.04. The zero-order valence-electron chi connectivity index (χ0n) is 17.2. The highest BCUT2D eigenvalue weighted by Crippen LogP contribution is 2.25. The van der Waals surface area contributed by atoms with E-state index in [1.54, 1.807) is 12.1 Å². The minimum absolute atomic E-state index is 0.0334. The molecule has 1 N–H and O–H groups in total. The number of hydrogen-bond acceptors (Lipinski definition) is 5. The van der Waals surface area contributed by atoms with E-state index < -0.39 is 26.0 Å². The van der Waals surface area contributed by atoms with Gasteiger partial charge in [-0.05, 0) is 49.2 Å². The first-order valence-electron chi connectivity index (χ1n) is 9.67. The van der Waals surface area contributed by atoms with Crippen molar-refractivity contribution >= 4 is 43.2 Å². The van der Waals surface area contributed by atoms with Gasteiger partial charge in [0, 0.05) is 32.9 Å². The van der Waals surface area contributed by atoms with Crippen LogP contribution in [0.4, 0.5) is 5.69 Å². The van der Waals surface area contributed by atoms with Crippen LogP contribution in [0.1, 0.15) is 29.6 Å². The Balaban J connectivity index is 1.87. The molecule has 1 fully saturated rings. The maximum absolute atomic E-state index is 12.9. The van der Waals surface area contributed by atoms with Gasteiger partial charge in [-0.3, -0.25) is 4.79 Å². The highest BCUT2D eigenvalue weighted by molar-refractivity contribution is 7.89. The van der Waals surface area contributed by atoms with Crippen molar-refractivity contribution in [3.05, 3.63) is 53.1 Å². The Morgan fingerprint density at radius 3 is 2.29 bits per heavy atom. The Morgan fingerprint density at radius 2 is 1.65 bits per heavy atom. The van der Waals surface area contributed by atoms with Gasteiger partial charge in [0.1, 0.15) is 0 Å². The molecule has 0 saturated carbocycles. The smallest absolute Gasteiger partial charge is 0.257 e. The second-order valence-corrected chi connectivity index (χ2v) is 11.9. The molecule has 1 aliphatic heterocycles. The van der Waals surface area contributed by atoms with Gasteiger partial charge in [0.15, 0.2) is 0 Å². The molecule has 0 radical (unpaired) electrons. The zero-order chi connectivity index (χ0) is 22.8. The van der Waals surface area contributed by atoms with Gasteiger partial charge in [-0.15, -0.1) is 0 Å². The van der Waals surface area contributed by atoms with Crippen molar-refractivity contribution in [2.45, 2.75) is 29.1 Å². The maximum atomic E-state index is 12.9. The summed E-state index contributed by atoms with van der Waals surface area (Å²) in [4.78, 5) is 12.8. The number of hydrogen-bond donors (Lipinski definition) is 1. The van der Waals surface area contributed by atoms with Gasteiger partial charge in [-0.25, -0.2) is 21.1 Å². The van der Waals surface area contributed by atoms with Crippen LogP contribution in [-0.4, -0.2) is 58.5 Å². The van der Waals surface area contributed by atoms with Crippen LogP contribution in [0.25, 0.3) is 0 Å². The summed E-state index contributed by atoms with van der Waals surface area (Å²) in [7, 11) is -4.64. The second-order valence-electron chi connectivity index (χ2n) is 7.38. The molecule has 1 heterocycles. The number of amides is 1. The lowest BCUT2D eigenvalue weighted by molar-refractivity contribution is 0.102. The fourth-order valence-electron chi connectivity index (χ4n) is 3.24. The molecule has 0 unspecified atom stereocenters. The van der Waals surface area contributed by atoms with E-state index in [2.05, 4.69) is 5.32 Å². The maximum Gasteiger partial charge on any atom is 0.257 e. The molecule has 0 atom stereocenters. The van der Waals surface area contributed by atoms with Crippen molar-refractivity contribution in [1.82, 2.24) is 8.61 Å². The monoisotopic (exact) mass is 485 g/mol. The summed E-state index contributed by atoms with van der Waals surface area (Å²) >= 11 is 6.12. The Hall–Kier alpha value is -1.98. The van der Waals surface area contributed by atoms with Crippen LogP contribution in [0.15, 0.2) is 52.3 Å². The zero-order valence-corrected chi connectivity index (χ0v) is 19.6. The van der Waals surface area contributed by atoms with Crippen molar-refractivity contribution < 1.29 is 21.6 Å². The number of benzene rings is 2. The standard InChI is InChI=1S/C20H24ClN3O5S2/c1-23(2)30(26,27)17-9-10-19(21)18(14-17)20(25)22-15-7-6-8-16(13-15)31(28,29)24-11-4-3-5-12-24/h6-10,13-14H,3-5,11-12H2,1-2H3,(H,22,25). The molecule has 0 bridgehead atoms. The quantitative estimate of drug-likeness (QED) is 0.677. The van der Waals surface area contributed by atoms with Crippen LogP contribution in [0, 0.1) is 0 Å². The Kier molecular flexibility index (Phi) is 7.07. The van der Waals surface area contributed by atoms with Crippen LogP contribution in [0.2, 0.25) is 5.02 Å². The molecule has 2 aromatic carbocycles. The molecule has 0 aliphatic carbocycles. The van der Waals surface area contributed by atoms with Gasteiger partial charge in [0.05, 0.1) is 20.4 Å². The Morgan fingerprint density at radius 1 is 0.968 bits per heavy atom. The third kappa shape index (κ3) is 5.09. The summed E-state index contributed by atoms with van der Waals surface area (Å²) in [5.74, 6) is -0.645. The highest BCUT2D eigenvalue weighted by atomic mass is 35.5. The third-order valence-electron chi connectivity index (χ3n) is 5.01. The van der Waals surface area contributed by atoms with Crippen molar-refractivity contribution in [3.8, 4) is 0 Å². The summed E-state index contributed by atoms with van der Waals surface area (Å²) in [6, 6.07) is 9.82. The van der Waals surface area contributed by atoms with E-state index in [1.807, 2.05) is 0 Å². The van der Waals surface area contributed by atoms with Gasteiger partial charge in [0.2, 0.25) is 20.0 Å². The van der Waals surface area contributed by atoms with Gasteiger partial charge in [-0.1, -0.05) is 24.1 Å². The Bertz CT molecular complexity index is 1190. The first-order chi connectivity index (χ1) is 14.5. The number of carbonyl (C=O) groups is 1. The number of rotatable bonds is 6. The van der Waals surface area contributed by atoms with E-state index in [1.165, 1.54) is 48.7 Å². The summed E-state index contributed by atoms with van der Waals surface area (Å²) in [6.07, 6.45) is 2.65. The van der Waals surface area contributed by atoms with E-state index in [-0.39, 0.29) is 26.1 Å². The molecule has 1 saturated heterocycles. The molecule has 0 spiro atoms. The summed E-state index contributed by atoms with van der Waals surface area (Å²) < 4.78 is 53.0. The van der Waals surface area contributed by atoms with Gasteiger partial charge < -0.3 is 5.32 Å². The van der Waals surface area contributed by atoms with Crippen LogP contribution in [0.3, 0.4) is 0 Å². The molecular formula is C20H24ClN3O5S2. The van der Waals surface area contributed by atoms with Crippen LogP contribution in [0.5, 0.6) is 0 Å². The van der Waals surface area contributed by atoms with Crippen LogP contribution in [-0.2, 0) is 20.0 Å². The lowest BCUT2D eigenvalue weighted by Gasteiger charge is -2.26. The summed E-state index contributed by atoms with van der Waals surface area (Å²) in [5.41, 5.74) is 0.230. The van der Waals surface area contributed by atoms with E-state index in [0.717, 1.165) is 23.6 Å². The molecule has 11 heteroatoms. The predicted molar refractivity (Wildman–Crippen MR) is 119 cm³/mol. The lowest BCUT2D eigenvalue weighted by Crippen LogP contribution is -2.35. The number of piperidine rings is 1. The molecule has 168 valence electrons. The first kappa shape index (κ1) is 23.7. The normalized spacial score (nSPS) is 15.7. The summed E-state index contributed by atoms with van der Waals surface area (Å²) in [5, 5.41) is 2.68. The Labute approximate surface area is 187 Å². The van der Waals surface area contributed by atoms with E-state index >= 15 is 0 Å². The molecule has 1 amide bonds. The van der Waals surface area contributed by atoms with Crippen molar-refractivity contribution in [2.75, 3.05) is 32.5 Å². The average Bonchev–Trinajstić information content (AvgIpc) is 2.74. The molecule has 2 aromatic rings. The largest absolute Gasteiger partial charge is 0.322 e. The van der Waals surface area contributed by atoms with Crippen molar-refractivity contribution in [3.63, 3.8) is 0 Å². The predicted octanol–water partition coefficient (Wildman–Crippen LogP) is 3.02. The van der Waals surface area contributed by atoms with E-state index in [4.69, 9.17) is 11.6 Å². The van der Waals surface area contributed by atoms with Gasteiger partial charge in [-0.2, -0.15) is 4.31 Å². The molecule has 3 rings (SSSR count). The topological polar surface area (TPSA) is 104 Å². The number of carbonyl (C=O) groups excluding carboxylic acids is 1. The van der Waals surface area contributed by atoms with Gasteiger partial charge >= 0.3 is 0 Å². The SMILES string of the molecule is CN(C)S(=O)(=O)c1ccc(Cl)c(C(=O)Nc2cccc(S(=O)(=O)N3CCCCC3)c2)c1. The molecule has 0 aromatic heterocycles. The van der Waals surface area contributed by atoms with Crippen LogP contribution < -0.4 is 5.32 Å². The molecule has 1 aliphatic rings. The number of halogens is 1. The van der Waals surface area contributed by atoms with Crippen LogP contribution >= 0.6 is 11.6 Å². The molecule has 31 heavy (non-hydrogen) atoms. The number of nitrogens with one attached hydrogen (secondary N) is 1. The van der Waals surface area contributed by atoms with Crippen molar-refractivity contribution in [2.24, 2.45) is 0 Å². The minimum Gasteiger partial charge on any atom is -0.322 e. The average molecular weight is 486 g/mol. The number of sulfonamides is 2. The van der Waals surface area contributed by atoms with Gasteiger partial charge in [0.25, 0.3) is 5.91 Å². The highest BCUT2D eigenvalue weighted by Gasteiger charge is 2.26. The van der Waals surface area contributed by atoms with Crippen molar-refractivity contribution in [1.29, 1.82) is 0 Å². The summed E-state index contributed by atoms with van der Waals surface area (Å²) in [6.45, 7) is 0.948.